The summed E-state index contributed by atoms with van der Waals surface area (Å²) in [5.74, 6) is 1.12. The molecule has 0 aliphatic carbocycles. The summed E-state index contributed by atoms with van der Waals surface area (Å²) in [4.78, 5) is 7.04. The van der Waals surface area contributed by atoms with Crippen molar-refractivity contribution in [1.82, 2.24) is 4.98 Å². The van der Waals surface area contributed by atoms with Crippen molar-refractivity contribution < 1.29 is 4.74 Å². The van der Waals surface area contributed by atoms with Crippen LogP contribution >= 0.6 is 0 Å². The maximum atomic E-state index is 6.01. The molecule has 0 aromatic carbocycles. The molecule has 1 atom stereocenters. The number of nitrogens with two attached hydrogens (primary N) is 1. The molecule has 2 heterocycles. The summed E-state index contributed by atoms with van der Waals surface area (Å²) in [5, 5.41) is 0. The molecule has 0 spiro atoms. The van der Waals surface area contributed by atoms with Crippen molar-refractivity contribution in [1.29, 1.82) is 0 Å². The quantitative estimate of drug-likeness (QED) is 0.897. The van der Waals surface area contributed by atoms with Gasteiger partial charge in [-0.2, -0.15) is 0 Å². The molecular weight excluding hydrogens is 250 g/mol. The second kappa shape index (κ2) is 7.04. The van der Waals surface area contributed by atoms with E-state index < -0.39 is 0 Å². The zero-order valence-corrected chi connectivity index (χ0v) is 12.9. The third-order valence-corrected chi connectivity index (χ3v) is 4.20. The molecule has 1 aliphatic heterocycles. The maximum Gasteiger partial charge on any atom is 0.131 e. The summed E-state index contributed by atoms with van der Waals surface area (Å²) in [6.45, 7) is 6.32. The van der Waals surface area contributed by atoms with Crippen molar-refractivity contribution in [2.45, 2.75) is 51.7 Å². The molecule has 1 fully saturated rings. The maximum absolute atomic E-state index is 6.01. The lowest BCUT2D eigenvalue weighted by atomic mass is 10.0. The highest BCUT2D eigenvalue weighted by Gasteiger charge is 2.20. The van der Waals surface area contributed by atoms with E-state index in [-0.39, 0.29) is 6.04 Å². The van der Waals surface area contributed by atoms with Crippen LogP contribution in [0, 0.1) is 6.92 Å². The molecule has 2 N–H and O–H groups in total. The number of pyridine rings is 1. The van der Waals surface area contributed by atoms with Gasteiger partial charge < -0.3 is 15.4 Å². The van der Waals surface area contributed by atoms with E-state index in [1.165, 1.54) is 11.1 Å². The van der Waals surface area contributed by atoms with Gasteiger partial charge >= 0.3 is 0 Å². The Hall–Kier alpha value is -1.13. The molecule has 2 rings (SSSR count). The van der Waals surface area contributed by atoms with E-state index >= 15 is 0 Å². The van der Waals surface area contributed by atoms with Gasteiger partial charge in [0.05, 0.1) is 6.10 Å². The summed E-state index contributed by atoms with van der Waals surface area (Å²) in [7, 11) is 1.80. The zero-order chi connectivity index (χ0) is 14.5. The Morgan fingerprint density at radius 1 is 1.45 bits per heavy atom. The average Bonchev–Trinajstić information content (AvgIpc) is 2.47. The summed E-state index contributed by atoms with van der Waals surface area (Å²) >= 11 is 0. The highest BCUT2D eigenvalue weighted by atomic mass is 16.5. The van der Waals surface area contributed by atoms with E-state index in [0.717, 1.165) is 44.6 Å². The molecule has 4 heteroatoms. The first-order valence-electron chi connectivity index (χ1n) is 7.62. The summed E-state index contributed by atoms with van der Waals surface area (Å²) in [6.07, 6.45) is 6.48. The number of hydrogen-bond donors (Lipinski definition) is 1. The van der Waals surface area contributed by atoms with E-state index in [9.17, 15) is 0 Å². The third-order valence-electron chi connectivity index (χ3n) is 4.20. The lowest BCUT2D eigenvalue weighted by molar-refractivity contribution is 0.0818. The van der Waals surface area contributed by atoms with E-state index in [4.69, 9.17) is 10.5 Å². The van der Waals surface area contributed by atoms with Crippen LogP contribution in [0.2, 0.25) is 0 Å². The van der Waals surface area contributed by atoms with Crippen molar-refractivity contribution >= 4 is 5.82 Å². The summed E-state index contributed by atoms with van der Waals surface area (Å²) < 4.78 is 5.42. The highest BCUT2D eigenvalue weighted by Crippen LogP contribution is 2.23. The fraction of sp³-hybridized carbons (Fsp3) is 0.688. The standard InChI is InChI=1S/C16H27N3O/c1-4-14(17)10-13-9-12(2)16(18-11-13)19-7-5-15(20-3)6-8-19/h9,11,14-15H,4-8,10,17H2,1-3H3. The second-order valence-corrected chi connectivity index (χ2v) is 5.78. The summed E-state index contributed by atoms with van der Waals surface area (Å²) in [5.41, 5.74) is 8.51. The molecule has 0 saturated carbocycles. The first-order valence-corrected chi connectivity index (χ1v) is 7.62. The number of hydrogen-bond acceptors (Lipinski definition) is 4. The third kappa shape index (κ3) is 3.70. The Kier molecular flexibility index (Phi) is 5.38. The van der Waals surface area contributed by atoms with Crippen molar-refractivity contribution in [2.75, 3.05) is 25.1 Å². The van der Waals surface area contributed by atoms with Gasteiger partial charge in [0.1, 0.15) is 5.82 Å². The number of aromatic nitrogens is 1. The van der Waals surface area contributed by atoms with Crippen LogP contribution in [-0.4, -0.2) is 37.3 Å². The largest absolute Gasteiger partial charge is 0.381 e. The van der Waals surface area contributed by atoms with Crippen LogP contribution in [0.5, 0.6) is 0 Å². The predicted octanol–water partition coefficient (Wildman–Crippen LogP) is 2.29. The van der Waals surface area contributed by atoms with Gasteiger partial charge in [-0.25, -0.2) is 4.98 Å². The van der Waals surface area contributed by atoms with E-state index in [1.807, 2.05) is 6.20 Å². The first-order chi connectivity index (χ1) is 9.63. The van der Waals surface area contributed by atoms with Crippen molar-refractivity contribution in [3.63, 3.8) is 0 Å². The highest BCUT2D eigenvalue weighted by molar-refractivity contribution is 5.47. The van der Waals surface area contributed by atoms with Crippen LogP contribution in [0.25, 0.3) is 0 Å². The van der Waals surface area contributed by atoms with Crippen molar-refractivity contribution in [2.24, 2.45) is 5.73 Å². The number of anilines is 1. The van der Waals surface area contributed by atoms with Gasteiger partial charge in [-0.15, -0.1) is 0 Å². The Morgan fingerprint density at radius 2 is 2.15 bits per heavy atom. The van der Waals surface area contributed by atoms with Gasteiger partial charge in [0, 0.05) is 32.4 Å². The van der Waals surface area contributed by atoms with Gasteiger partial charge in [0.2, 0.25) is 0 Å². The number of piperidine rings is 1. The molecule has 1 aliphatic rings. The molecule has 1 aromatic rings. The molecule has 4 nitrogen and oxygen atoms in total. The lowest BCUT2D eigenvalue weighted by Gasteiger charge is -2.33. The number of rotatable bonds is 5. The van der Waals surface area contributed by atoms with Gasteiger partial charge in [-0.3, -0.25) is 0 Å². The van der Waals surface area contributed by atoms with Crippen molar-refractivity contribution in [3.05, 3.63) is 23.4 Å². The van der Waals surface area contributed by atoms with Crippen molar-refractivity contribution in [3.8, 4) is 0 Å². The fourth-order valence-electron chi connectivity index (χ4n) is 2.82. The molecule has 0 bridgehead atoms. The molecule has 112 valence electrons. The summed E-state index contributed by atoms with van der Waals surface area (Å²) in [6, 6.07) is 2.47. The van der Waals surface area contributed by atoms with Gasteiger partial charge in [0.15, 0.2) is 0 Å². The Balaban J connectivity index is 2.03. The topological polar surface area (TPSA) is 51.4 Å². The minimum absolute atomic E-state index is 0.236. The molecule has 1 saturated heterocycles. The second-order valence-electron chi connectivity index (χ2n) is 5.78. The van der Waals surface area contributed by atoms with E-state index in [2.05, 4.69) is 29.8 Å². The lowest BCUT2D eigenvalue weighted by Crippen LogP contribution is -2.37. The van der Waals surface area contributed by atoms with Crippen LogP contribution < -0.4 is 10.6 Å². The predicted molar refractivity (Wildman–Crippen MR) is 83.2 cm³/mol. The minimum atomic E-state index is 0.236. The van der Waals surface area contributed by atoms with E-state index in [0.29, 0.717) is 6.10 Å². The Morgan fingerprint density at radius 3 is 2.70 bits per heavy atom. The molecule has 20 heavy (non-hydrogen) atoms. The van der Waals surface area contributed by atoms with Gasteiger partial charge in [-0.05, 0) is 43.7 Å². The molecular formula is C16H27N3O. The molecule has 1 unspecified atom stereocenters. The molecule has 1 aromatic heterocycles. The van der Waals surface area contributed by atoms with Gasteiger partial charge in [-0.1, -0.05) is 13.0 Å². The minimum Gasteiger partial charge on any atom is -0.381 e. The van der Waals surface area contributed by atoms with E-state index in [1.54, 1.807) is 7.11 Å². The van der Waals surface area contributed by atoms with Crippen LogP contribution in [0.1, 0.15) is 37.3 Å². The molecule has 0 amide bonds. The number of methoxy groups -OCH3 is 1. The van der Waals surface area contributed by atoms with Crippen LogP contribution in [0.4, 0.5) is 5.82 Å². The fourth-order valence-corrected chi connectivity index (χ4v) is 2.82. The van der Waals surface area contributed by atoms with Crippen LogP contribution in [0.3, 0.4) is 0 Å². The Bertz CT molecular complexity index is 428. The van der Waals surface area contributed by atoms with Gasteiger partial charge in [0.25, 0.3) is 0 Å². The monoisotopic (exact) mass is 277 g/mol. The average molecular weight is 277 g/mol. The Labute approximate surface area is 122 Å². The SMILES string of the molecule is CCC(N)Cc1cnc(N2CCC(OC)CC2)c(C)c1. The number of nitrogens with zero attached hydrogens (tertiary/aromatic N) is 2. The zero-order valence-electron chi connectivity index (χ0n) is 12.9. The van der Waals surface area contributed by atoms with Crippen LogP contribution in [-0.2, 0) is 11.2 Å². The normalized spacial score (nSPS) is 18.3. The molecule has 0 radical (unpaired) electrons. The van der Waals surface area contributed by atoms with Crippen LogP contribution in [0.15, 0.2) is 12.3 Å². The number of aryl methyl sites for hydroxylation is 1. The first kappa shape index (κ1) is 15.3. The smallest absolute Gasteiger partial charge is 0.131 e. The number of ether oxygens (including phenoxy) is 1.